The Kier molecular flexibility index (Phi) is 5.15. The van der Waals surface area contributed by atoms with E-state index >= 15 is 0 Å². The number of aliphatic hydroxyl groups is 1. The monoisotopic (exact) mass is 411 g/mol. The van der Waals surface area contributed by atoms with Crippen LogP contribution in [0, 0.1) is 5.41 Å². The Balaban J connectivity index is 1.60. The van der Waals surface area contributed by atoms with Gasteiger partial charge >= 0.3 is 5.97 Å². The average molecular weight is 411 g/mol. The number of amides is 1. The quantitative estimate of drug-likeness (QED) is 0.784. The average Bonchev–Trinajstić information content (AvgIpc) is 3.12. The number of rotatable bonds is 5. The molecule has 1 atom stereocenters. The Morgan fingerprint density at radius 3 is 2.23 bits per heavy atom. The number of benzene rings is 2. The van der Waals surface area contributed by atoms with Crippen molar-refractivity contribution in [1.29, 1.82) is 0 Å². The predicted octanol–water partition coefficient (Wildman–Crippen LogP) is 2.34. The standard InChI is InChI=1S/C23H25NO6/c1-29-18-7-8-19(30-2)21-16(18)12-24(13-17(21)25)20(26)11-23(22(27)28)9-14-5-3-4-6-15(14)10-23/h3-8,17,25H,9-13H2,1-2H3,(H,27,28). The van der Waals surface area contributed by atoms with Gasteiger partial charge < -0.3 is 24.6 Å². The van der Waals surface area contributed by atoms with E-state index in [1.165, 1.54) is 19.1 Å². The fourth-order valence-electron chi connectivity index (χ4n) is 4.71. The van der Waals surface area contributed by atoms with Crippen LogP contribution in [0.5, 0.6) is 11.5 Å². The van der Waals surface area contributed by atoms with Gasteiger partial charge in [-0.3, -0.25) is 9.59 Å². The van der Waals surface area contributed by atoms with Crippen LogP contribution >= 0.6 is 0 Å². The summed E-state index contributed by atoms with van der Waals surface area (Å²) in [6.45, 7) is 0.312. The van der Waals surface area contributed by atoms with Gasteiger partial charge in [0.1, 0.15) is 17.6 Å². The van der Waals surface area contributed by atoms with Gasteiger partial charge in [0.05, 0.1) is 26.2 Å². The van der Waals surface area contributed by atoms with Crippen molar-refractivity contribution >= 4 is 11.9 Å². The highest BCUT2D eigenvalue weighted by atomic mass is 16.5. The molecule has 1 aliphatic heterocycles. The highest BCUT2D eigenvalue weighted by Gasteiger charge is 2.47. The van der Waals surface area contributed by atoms with E-state index in [-0.39, 0.29) is 25.4 Å². The van der Waals surface area contributed by atoms with Crippen molar-refractivity contribution in [3.8, 4) is 11.5 Å². The summed E-state index contributed by atoms with van der Waals surface area (Å²) in [6, 6.07) is 11.1. The third-order valence-electron chi connectivity index (χ3n) is 6.26. The van der Waals surface area contributed by atoms with E-state index in [1.807, 2.05) is 24.3 Å². The number of β-amino-alcohol motifs (C(OH)–C–C–N with tert-alkyl or cyclic N) is 1. The predicted molar refractivity (Wildman–Crippen MR) is 108 cm³/mol. The molecule has 0 aromatic heterocycles. The van der Waals surface area contributed by atoms with Gasteiger partial charge in [0.2, 0.25) is 5.91 Å². The first-order valence-electron chi connectivity index (χ1n) is 9.88. The van der Waals surface area contributed by atoms with Gasteiger partial charge in [-0.25, -0.2) is 0 Å². The number of carbonyl (C=O) groups is 2. The first-order chi connectivity index (χ1) is 14.4. The second kappa shape index (κ2) is 7.65. The number of fused-ring (bicyclic) bond motifs is 2. The number of aliphatic hydroxyl groups excluding tert-OH is 1. The van der Waals surface area contributed by atoms with Crippen molar-refractivity contribution in [2.24, 2.45) is 5.41 Å². The summed E-state index contributed by atoms with van der Waals surface area (Å²) >= 11 is 0. The maximum Gasteiger partial charge on any atom is 0.310 e. The second-order valence-electron chi connectivity index (χ2n) is 8.04. The van der Waals surface area contributed by atoms with E-state index in [2.05, 4.69) is 0 Å². The van der Waals surface area contributed by atoms with Gasteiger partial charge in [-0.2, -0.15) is 0 Å². The van der Waals surface area contributed by atoms with E-state index in [0.717, 1.165) is 11.1 Å². The zero-order valence-corrected chi connectivity index (χ0v) is 17.1. The van der Waals surface area contributed by atoms with Gasteiger partial charge in [0.25, 0.3) is 0 Å². The van der Waals surface area contributed by atoms with Crippen LogP contribution in [0.1, 0.15) is 34.8 Å². The van der Waals surface area contributed by atoms with Crippen LogP contribution in [0.4, 0.5) is 0 Å². The smallest absolute Gasteiger partial charge is 0.310 e. The Bertz CT molecular complexity index is 976. The lowest BCUT2D eigenvalue weighted by Crippen LogP contribution is -2.43. The molecule has 4 rings (SSSR count). The molecule has 0 bridgehead atoms. The molecule has 7 nitrogen and oxygen atoms in total. The SMILES string of the molecule is COc1ccc(OC)c2c1CN(C(=O)CC1(C(=O)O)Cc3ccccc3C1)CC2O. The molecule has 7 heteroatoms. The van der Waals surface area contributed by atoms with Gasteiger partial charge in [-0.15, -0.1) is 0 Å². The third kappa shape index (κ3) is 3.29. The van der Waals surface area contributed by atoms with E-state index < -0.39 is 17.5 Å². The summed E-state index contributed by atoms with van der Waals surface area (Å²) in [5, 5.41) is 20.7. The highest BCUT2D eigenvalue weighted by Crippen LogP contribution is 2.43. The number of carbonyl (C=O) groups excluding carboxylic acids is 1. The van der Waals surface area contributed by atoms with Crippen molar-refractivity contribution in [3.63, 3.8) is 0 Å². The molecule has 1 heterocycles. The van der Waals surface area contributed by atoms with Crippen LogP contribution in [-0.4, -0.2) is 47.8 Å². The summed E-state index contributed by atoms with van der Waals surface area (Å²) in [5.74, 6) is -0.161. The first-order valence-corrected chi connectivity index (χ1v) is 9.88. The Hall–Kier alpha value is -3.06. The minimum atomic E-state index is -1.16. The molecule has 2 aromatic carbocycles. The zero-order valence-electron chi connectivity index (χ0n) is 17.1. The molecule has 0 saturated heterocycles. The fourth-order valence-corrected chi connectivity index (χ4v) is 4.71. The van der Waals surface area contributed by atoms with Crippen LogP contribution in [0.15, 0.2) is 36.4 Å². The number of aliphatic carboxylic acids is 1. The summed E-state index contributed by atoms with van der Waals surface area (Å²) in [6.07, 6.45) is -0.405. The van der Waals surface area contributed by atoms with Crippen molar-refractivity contribution in [2.45, 2.75) is 31.9 Å². The molecule has 1 amide bonds. The van der Waals surface area contributed by atoms with Gasteiger partial charge in [0.15, 0.2) is 0 Å². The van der Waals surface area contributed by atoms with Crippen LogP contribution in [0.25, 0.3) is 0 Å². The van der Waals surface area contributed by atoms with Crippen LogP contribution < -0.4 is 9.47 Å². The molecule has 0 saturated carbocycles. The molecule has 158 valence electrons. The molecular weight excluding hydrogens is 386 g/mol. The number of nitrogens with zero attached hydrogens (tertiary/aromatic N) is 1. The lowest BCUT2D eigenvalue weighted by molar-refractivity contribution is -0.153. The van der Waals surface area contributed by atoms with E-state index in [0.29, 0.717) is 35.5 Å². The van der Waals surface area contributed by atoms with Gasteiger partial charge in [-0.1, -0.05) is 24.3 Å². The molecule has 0 radical (unpaired) electrons. The molecule has 2 aromatic rings. The topological polar surface area (TPSA) is 96.3 Å². The minimum absolute atomic E-state index is 0.0814. The fraction of sp³-hybridized carbons (Fsp3) is 0.391. The summed E-state index contributed by atoms with van der Waals surface area (Å²) < 4.78 is 10.8. The Labute approximate surface area is 174 Å². The number of carboxylic acids is 1. The molecule has 2 N–H and O–H groups in total. The molecule has 0 spiro atoms. The number of hydrogen-bond donors (Lipinski definition) is 2. The van der Waals surface area contributed by atoms with E-state index in [1.54, 1.807) is 12.1 Å². The number of carboxylic acid groups (broad SMARTS) is 1. The summed E-state index contributed by atoms with van der Waals surface area (Å²) in [4.78, 5) is 26.9. The number of hydrogen-bond acceptors (Lipinski definition) is 5. The largest absolute Gasteiger partial charge is 0.496 e. The Morgan fingerprint density at radius 1 is 1.07 bits per heavy atom. The number of ether oxygens (including phenoxy) is 2. The van der Waals surface area contributed by atoms with Crippen molar-refractivity contribution in [2.75, 3.05) is 20.8 Å². The summed E-state index contributed by atoms with van der Waals surface area (Å²) in [5.41, 5.74) is 2.08. The minimum Gasteiger partial charge on any atom is -0.496 e. The molecule has 1 unspecified atom stereocenters. The maximum absolute atomic E-state index is 13.2. The molecule has 30 heavy (non-hydrogen) atoms. The molecular formula is C23H25NO6. The van der Waals surface area contributed by atoms with E-state index in [9.17, 15) is 19.8 Å². The number of methoxy groups -OCH3 is 2. The van der Waals surface area contributed by atoms with Gasteiger partial charge in [0, 0.05) is 24.1 Å². The maximum atomic E-state index is 13.2. The molecule has 2 aliphatic rings. The van der Waals surface area contributed by atoms with Crippen molar-refractivity contribution in [1.82, 2.24) is 4.90 Å². The van der Waals surface area contributed by atoms with Gasteiger partial charge in [-0.05, 0) is 36.1 Å². The van der Waals surface area contributed by atoms with E-state index in [4.69, 9.17) is 9.47 Å². The van der Waals surface area contributed by atoms with Crippen LogP contribution in [0.3, 0.4) is 0 Å². The molecule has 0 fully saturated rings. The zero-order chi connectivity index (χ0) is 21.5. The first kappa shape index (κ1) is 20.2. The third-order valence-corrected chi connectivity index (χ3v) is 6.26. The van der Waals surface area contributed by atoms with Crippen molar-refractivity contribution in [3.05, 3.63) is 58.7 Å². The van der Waals surface area contributed by atoms with Crippen LogP contribution in [0.2, 0.25) is 0 Å². The van der Waals surface area contributed by atoms with Crippen molar-refractivity contribution < 1.29 is 29.3 Å². The van der Waals surface area contributed by atoms with Crippen LogP contribution in [-0.2, 0) is 29.0 Å². The Morgan fingerprint density at radius 2 is 1.67 bits per heavy atom. The molecule has 1 aliphatic carbocycles. The summed E-state index contributed by atoms with van der Waals surface area (Å²) in [7, 11) is 3.06. The highest BCUT2D eigenvalue weighted by molar-refractivity contribution is 5.86. The lowest BCUT2D eigenvalue weighted by atomic mass is 9.80. The lowest BCUT2D eigenvalue weighted by Gasteiger charge is -2.35. The second-order valence-corrected chi connectivity index (χ2v) is 8.04. The normalized spacial score (nSPS) is 19.0.